The summed E-state index contributed by atoms with van der Waals surface area (Å²) in [5.74, 6) is 0.746. The fraction of sp³-hybridized carbons (Fsp3) is 0.267. The Balaban J connectivity index is 2.13. The molecule has 100 valence electrons. The smallest absolute Gasteiger partial charge is 0.147 e. The number of halogens is 1. The molecule has 0 aliphatic heterocycles. The summed E-state index contributed by atoms with van der Waals surface area (Å²) in [4.78, 5) is 6.29. The van der Waals surface area contributed by atoms with Crippen molar-refractivity contribution in [3.05, 3.63) is 52.7 Å². The van der Waals surface area contributed by atoms with E-state index in [0.717, 1.165) is 18.8 Å². The lowest BCUT2D eigenvalue weighted by Crippen LogP contribution is -2.18. The summed E-state index contributed by atoms with van der Waals surface area (Å²) in [5, 5.41) is 0.577. The standard InChI is InChI=1S/C15H18ClN3/c1-3-11-4-6-12(7-5-11)10-19(2)15-14(16)8-13(17)9-18-15/h4-9H,3,10,17H2,1-2H3. The SMILES string of the molecule is CCc1ccc(CN(C)c2ncc(N)cc2Cl)cc1. The average Bonchev–Trinajstić information content (AvgIpc) is 2.39. The van der Waals surface area contributed by atoms with Crippen molar-refractivity contribution in [2.45, 2.75) is 19.9 Å². The largest absolute Gasteiger partial charge is 0.397 e. The lowest BCUT2D eigenvalue weighted by atomic mass is 10.1. The van der Waals surface area contributed by atoms with Crippen molar-refractivity contribution in [1.82, 2.24) is 4.98 Å². The van der Waals surface area contributed by atoms with Gasteiger partial charge in [-0.15, -0.1) is 0 Å². The van der Waals surface area contributed by atoms with Crippen molar-refractivity contribution in [3.8, 4) is 0 Å². The first-order chi connectivity index (χ1) is 9.10. The summed E-state index contributed by atoms with van der Waals surface area (Å²) in [7, 11) is 1.97. The van der Waals surface area contributed by atoms with E-state index in [1.807, 2.05) is 11.9 Å². The Kier molecular flexibility index (Phi) is 4.27. The van der Waals surface area contributed by atoms with Crippen LogP contribution in [0, 0.1) is 0 Å². The minimum Gasteiger partial charge on any atom is -0.397 e. The van der Waals surface area contributed by atoms with E-state index in [0.29, 0.717) is 10.7 Å². The highest BCUT2D eigenvalue weighted by Gasteiger charge is 2.08. The van der Waals surface area contributed by atoms with Crippen LogP contribution in [-0.2, 0) is 13.0 Å². The van der Waals surface area contributed by atoms with Gasteiger partial charge in [0.25, 0.3) is 0 Å². The number of pyridine rings is 1. The molecule has 0 atom stereocenters. The number of nitrogens with zero attached hydrogens (tertiary/aromatic N) is 2. The Bertz CT molecular complexity index is 552. The third-order valence-corrected chi connectivity index (χ3v) is 3.33. The number of nitrogens with two attached hydrogens (primary N) is 1. The topological polar surface area (TPSA) is 42.2 Å². The summed E-state index contributed by atoms with van der Waals surface area (Å²) in [6, 6.07) is 10.3. The highest BCUT2D eigenvalue weighted by atomic mass is 35.5. The van der Waals surface area contributed by atoms with Crippen molar-refractivity contribution < 1.29 is 0 Å². The van der Waals surface area contributed by atoms with Gasteiger partial charge in [-0.2, -0.15) is 0 Å². The summed E-state index contributed by atoms with van der Waals surface area (Å²) in [6.07, 6.45) is 2.68. The Morgan fingerprint density at radius 2 is 1.84 bits per heavy atom. The second kappa shape index (κ2) is 5.93. The maximum atomic E-state index is 6.15. The van der Waals surface area contributed by atoms with Crippen molar-refractivity contribution in [3.63, 3.8) is 0 Å². The maximum Gasteiger partial charge on any atom is 0.147 e. The minimum atomic E-state index is 0.577. The van der Waals surface area contributed by atoms with Crippen LogP contribution in [0.3, 0.4) is 0 Å². The molecule has 0 aliphatic carbocycles. The molecule has 0 unspecified atom stereocenters. The number of aromatic nitrogens is 1. The minimum absolute atomic E-state index is 0.577. The number of benzene rings is 1. The number of hydrogen-bond donors (Lipinski definition) is 1. The van der Waals surface area contributed by atoms with Gasteiger partial charge >= 0.3 is 0 Å². The predicted molar refractivity (Wildman–Crippen MR) is 81.6 cm³/mol. The zero-order chi connectivity index (χ0) is 13.8. The molecule has 0 aliphatic rings. The van der Waals surface area contributed by atoms with Gasteiger partial charge in [-0.25, -0.2) is 4.98 Å². The highest BCUT2D eigenvalue weighted by molar-refractivity contribution is 6.33. The van der Waals surface area contributed by atoms with Crippen LogP contribution < -0.4 is 10.6 Å². The van der Waals surface area contributed by atoms with E-state index in [2.05, 4.69) is 36.2 Å². The molecular formula is C15H18ClN3. The van der Waals surface area contributed by atoms with E-state index in [-0.39, 0.29) is 0 Å². The number of rotatable bonds is 4. The monoisotopic (exact) mass is 275 g/mol. The van der Waals surface area contributed by atoms with Crippen LogP contribution in [0.4, 0.5) is 11.5 Å². The number of nitrogen functional groups attached to an aromatic ring is 1. The van der Waals surface area contributed by atoms with Crippen LogP contribution in [0.2, 0.25) is 5.02 Å². The predicted octanol–water partition coefficient (Wildman–Crippen LogP) is 3.52. The van der Waals surface area contributed by atoms with E-state index < -0.39 is 0 Å². The van der Waals surface area contributed by atoms with Gasteiger partial charge < -0.3 is 10.6 Å². The normalized spacial score (nSPS) is 10.5. The second-order valence-corrected chi connectivity index (χ2v) is 5.01. The molecule has 1 heterocycles. The van der Waals surface area contributed by atoms with Gasteiger partial charge in [0.2, 0.25) is 0 Å². The third kappa shape index (κ3) is 3.38. The van der Waals surface area contributed by atoms with E-state index in [4.69, 9.17) is 17.3 Å². The van der Waals surface area contributed by atoms with Crippen LogP contribution in [-0.4, -0.2) is 12.0 Å². The molecule has 4 heteroatoms. The Morgan fingerprint density at radius 3 is 2.42 bits per heavy atom. The molecule has 19 heavy (non-hydrogen) atoms. The Labute approximate surface area is 119 Å². The van der Waals surface area contributed by atoms with Gasteiger partial charge in [0.1, 0.15) is 5.82 Å². The molecule has 0 saturated heterocycles. The van der Waals surface area contributed by atoms with Gasteiger partial charge in [0.05, 0.1) is 16.9 Å². The summed E-state index contributed by atoms with van der Waals surface area (Å²) >= 11 is 6.15. The van der Waals surface area contributed by atoms with Crippen LogP contribution in [0.25, 0.3) is 0 Å². The number of anilines is 2. The molecule has 0 saturated carbocycles. The second-order valence-electron chi connectivity index (χ2n) is 4.60. The lowest BCUT2D eigenvalue weighted by molar-refractivity contribution is 0.897. The molecule has 1 aromatic carbocycles. The first-order valence-corrected chi connectivity index (χ1v) is 6.68. The van der Waals surface area contributed by atoms with Crippen LogP contribution in [0.15, 0.2) is 36.5 Å². The van der Waals surface area contributed by atoms with Crippen molar-refractivity contribution in [1.29, 1.82) is 0 Å². The van der Waals surface area contributed by atoms with Crippen molar-refractivity contribution >= 4 is 23.1 Å². The molecule has 2 rings (SSSR count). The molecule has 2 N–H and O–H groups in total. The fourth-order valence-electron chi connectivity index (χ4n) is 1.96. The molecule has 0 bridgehead atoms. The van der Waals surface area contributed by atoms with Gasteiger partial charge in [0.15, 0.2) is 0 Å². The van der Waals surface area contributed by atoms with Crippen molar-refractivity contribution in [2.75, 3.05) is 17.7 Å². The molecule has 0 amide bonds. The van der Waals surface area contributed by atoms with Gasteiger partial charge in [0, 0.05) is 13.6 Å². The Hall–Kier alpha value is -1.74. The van der Waals surface area contributed by atoms with Gasteiger partial charge in [-0.3, -0.25) is 0 Å². The molecule has 2 aromatic rings. The first-order valence-electron chi connectivity index (χ1n) is 6.30. The first kappa shape index (κ1) is 13.7. The molecule has 0 radical (unpaired) electrons. The van der Waals surface area contributed by atoms with E-state index in [9.17, 15) is 0 Å². The van der Waals surface area contributed by atoms with Crippen molar-refractivity contribution in [2.24, 2.45) is 0 Å². The molecule has 0 fully saturated rings. The van der Waals surface area contributed by atoms with Crippen LogP contribution in [0.1, 0.15) is 18.1 Å². The summed E-state index contributed by atoms with van der Waals surface area (Å²) in [5.41, 5.74) is 8.80. The van der Waals surface area contributed by atoms with E-state index in [1.165, 1.54) is 11.1 Å². The Morgan fingerprint density at radius 1 is 1.21 bits per heavy atom. The van der Waals surface area contributed by atoms with Crippen LogP contribution in [0.5, 0.6) is 0 Å². The molecule has 1 aromatic heterocycles. The number of hydrogen-bond acceptors (Lipinski definition) is 3. The highest BCUT2D eigenvalue weighted by Crippen LogP contribution is 2.25. The summed E-state index contributed by atoms with van der Waals surface area (Å²) < 4.78 is 0. The van der Waals surface area contributed by atoms with E-state index >= 15 is 0 Å². The van der Waals surface area contributed by atoms with Gasteiger partial charge in [-0.05, 0) is 23.6 Å². The number of aryl methyl sites for hydroxylation is 1. The quantitative estimate of drug-likeness (QED) is 0.928. The third-order valence-electron chi connectivity index (χ3n) is 3.06. The fourth-order valence-corrected chi connectivity index (χ4v) is 2.27. The van der Waals surface area contributed by atoms with Gasteiger partial charge in [-0.1, -0.05) is 42.8 Å². The molecule has 0 spiro atoms. The average molecular weight is 276 g/mol. The lowest BCUT2D eigenvalue weighted by Gasteiger charge is -2.19. The van der Waals surface area contributed by atoms with Crippen LogP contribution >= 0.6 is 11.6 Å². The zero-order valence-electron chi connectivity index (χ0n) is 11.2. The molecule has 3 nitrogen and oxygen atoms in total. The maximum absolute atomic E-state index is 6.15. The zero-order valence-corrected chi connectivity index (χ0v) is 12.0. The van der Waals surface area contributed by atoms with E-state index in [1.54, 1.807) is 12.3 Å². The summed E-state index contributed by atoms with van der Waals surface area (Å²) in [6.45, 7) is 2.92. The molecular weight excluding hydrogens is 258 g/mol.